The first-order valence-electron chi connectivity index (χ1n) is 10.7. The molecule has 0 spiro atoms. The molecule has 3 heteroatoms. The molecule has 2 aliphatic rings. The topological polar surface area (TPSA) is 3.24 Å². The van der Waals surface area contributed by atoms with Gasteiger partial charge >= 0.3 is 0 Å². The molecule has 1 aliphatic heterocycles. The smallest absolute Gasteiger partial charge is 0.101 e. The molecule has 0 aromatic carbocycles. The van der Waals surface area contributed by atoms with Crippen LogP contribution in [-0.4, -0.2) is 34.3 Å². The van der Waals surface area contributed by atoms with Gasteiger partial charge in [-0.15, -0.1) is 11.8 Å². The molecule has 5 unspecified atom stereocenters. The molecule has 0 radical (unpaired) electrons. The lowest BCUT2D eigenvalue weighted by atomic mass is 9.64. The van der Waals surface area contributed by atoms with Crippen LogP contribution in [0.5, 0.6) is 0 Å². The Kier molecular flexibility index (Phi) is 6.57. The summed E-state index contributed by atoms with van der Waals surface area (Å²) in [6, 6.07) is 0.587. The molecule has 0 amide bonds. The van der Waals surface area contributed by atoms with Gasteiger partial charge in [0.15, 0.2) is 0 Å². The van der Waals surface area contributed by atoms with Crippen LogP contribution in [0.2, 0.25) is 0 Å². The van der Waals surface area contributed by atoms with Gasteiger partial charge < -0.3 is 0 Å². The van der Waals surface area contributed by atoms with Crippen LogP contribution in [-0.2, 0) is 0 Å². The van der Waals surface area contributed by atoms with Crippen LogP contribution in [0.25, 0.3) is 0 Å². The number of hydrogen-bond acceptors (Lipinski definition) is 2. The fourth-order valence-corrected chi connectivity index (χ4v) is 7.51. The number of halogens is 1. The van der Waals surface area contributed by atoms with Gasteiger partial charge in [0.2, 0.25) is 0 Å². The highest BCUT2D eigenvalue weighted by atomic mass is 32.2. The summed E-state index contributed by atoms with van der Waals surface area (Å²) in [5, 5.41) is 1.25. The summed E-state index contributed by atoms with van der Waals surface area (Å²) in [4.78, 5) is 2.69. The monoisotopic (exact) mass is 385 g/mol. The first-order chi connectivity index (χ1) is 11.6. The van der Waals surface area contributed by atoms with Crippen LogP contribution >= 0.6 is 11.8 Å². The molecule has 26 heavy (non-hydrogen) atoms. The van der Waals surface area contributed by atoms with Gasteiger partial charge in [0, 0.05) is 17.8 Å². The van der Waals surface area contributed by atoms with Crippen LogP contribution < -0.4 is 0 Å². The Morgan fingerprint density at radius 3 is 1.88 bits per heavy atom. The normalized spacial score (nSPS) is 34.8. The van der Waals surface area contributed by atoms with E-state index in [9.17, 15) is 4.39 Å². The molecule has 0 bridgehead atoms. The second kappa shape index (κ2) is 7.58. The van der Waals surface area contributed by atoms with E-state index in [1.165, 1.54) is 13.0 Å². The average molecular weight is 386 g/mol. The number of alkyl halides is 1. The van der Waals surface area contributed by atoms with Crippen molar-refractivity contribution in [3.8, 4) is 0 Å². The first-order valence-corrected chi connectivity index (χ1v) is 11.6. The van der Waals surface area contributed by atoms with Crippen LogP contribution in [0, 0.1) is 28.1 Å². The maximum absolute atomic E-state index is 14.4. The van der Waals surface area contributed by atoms with Crippen molar-refractivity contribution >= 4 is 11.8 Å². The number of thioether (sulfide) groups is 1. The highest BCUT2D eigenvalue weighted by Crippen LogP contribution is 2.55. The third-order valence-corrected chi connectivity index (χ3v) is 8.75. The molecule has 1 saturated heterocycles. The van der Waals surface area contributed by atoms with Gasteiger partial charge in [-0.2, -0.15) is 0 Å². The zero-order valence-corrected chi connectivity index (χ0v) is 19.8. The third kappa shape index (κ3) is 4.99. The largest absolute Gasteiger partial charge is 0.287 e. The van der Waals surface area contributed by atoms with Crippen molar-refractivity contribution in [1.29, 1.82) is 0 Å². The Morgan fingerprint density at radius 2 is 1.46 bits per heavy atom. The standard InChI is InChI=1S/C23H44FNS/c1-15(2)25-14-17(26-20(25)22(6,7)8)13-23(9,10)19-12-16(24)11-18(19)21(3,4)5/h15-20H,11-14H2,1-10H3. The minimum atomic E-state index is -0.603. The molecule has 1 saturated carbocycles. The van der Waals surface area contributed by atoms with E-state index < -0.39 is 6.17 Å². The Morgan fingerprint density at radius 1 is 0.923 bits per heavy atom. The molecule has 5 atom stereocenters. The van der Waals surface area contributed by atoms with E-state index in [4.69, 9.17) is 0 Å². The molecule has 1 nitrogen and oxygen atoms in total. The summed E-state index contributed by atoms with van der Waals surface area (Å²) in [7, 11) is 0. The number of hydrogen-bond donors (Lipinski definition) is 0. The lowest BCUT2D eigenvalue weighted by Crippen LogP contribution is -2.42. The zero-order valence-electron chi connectivity index (χ0n) is 19.0. The minimum Gasteiger partial charge on any atom is -0.287 e. The second-order valence-electron chi connectivity index (χ2n) is 12.1. The number of rotatable bonds is 4. The number of nitrogens with zero attached hydrogens (tertiary/aromatic N) is 1. The van der Waals surface area contributed by atoms with E-state index >= 15 is 0 Å². The Labute approximate surface area is 167 Å². The van der Waals surface area contributed by atoms with Crippen LogP contribution in [0.15, 0.2) is 0 Å². The Balaban J connectivity index is 2.14. The molecule has 1 heterocycles. The van der Waals surface area contributed by atoms with E-state index in [0.29, 0.717) is 33.9 Å². The van der Waals surface area contributed by atoms with Crippen LogP contribution in [0.4, 0.5) is 4.39 Å². The molecule has 0 N–H and O–H groups in total. The van der Waals surface area contributed by atoms with Crippen molar-refractivity contribution in [1.82, 2.24) is 4.90 Å². The van der Waals surface area contributed by atoms with Crippen molar-refractivity contribution in [2.24, 2.45) is 28.1 Å². The summed E-state index contributed by atoms with van der Waals surface area (Å²) in [6.45, 7) is 24.7. The molecule has 0 aromatic heterocycles. The summed E-state index contributed by atoms with van der Waals surface area (Å²) >= 11 is 2.18. The molecule has 2 rings (SSSR count). The fourth-order valence-electron chi connectivity index (χ4n) is 5.46. The van der Waals surface area contributed by atoms with E-state index in [2.05, 4.69) is 85.9 Å². The van der Waals surface area contributed by atoms with Crippen molar-refractivity contribution in [3.63, 3.8) is 0 Å². The Hall–Kier alpha value is 0.240. The summed E-state index contributed by atoms with van der Waals surface area (Å²) in [5.41, 5.74) is 0.689. The van der Waals surface area contributed by atoms with Crippen molar-refractivity contribution < 1.29 is 4.39 Å². The van der Waals surface area contributed by atoms with Gasteiger partial charge in [-0.3, -0.25) is 4.90 Å². The predicted molar refractivity (Wildman–Crippen MR) is 115 cm³/mol. The van der Waals surface area contributed by atoms with Crippen LogP contribution in [0.1, 0.15) is 88.5 Å². The molecular formula is C23H44FNS. The minimum absolute atomic E-state index is 0.198. The fraction of sp³-hybridized carbons (Fsp3) is 1.00. The molecule has 154 valence electrons. The maximum Gasteiger partial charge on any atom is 0.101 e. The van der Waals surface area contributed by atoms with Gasteiger partial charge in [0.05, 0.1) is 5.37 Å². The van der Waals surface area contributed by atoms with E-state index in [0.717, 1.165) is 12.8 Å². The maximum atomic E-state index is 14.4. The average Bonchev–Trinajstić information content (AvgIpc) is 3.01. The summed E-state index contributed by atoms with van der Waals surface area (Å²) < 4.78 is 14.4. The molecule has 2 fully saturated rings. The van der Waals surface area contributed by atoms with Gasteiger partial charge in [0.25, 0.3) is 0 Å². The molecule has 1 aliphatic carbocycles. The van der Waals surface area contributed by atoms with Gasteiger partial charge in [-0.1, -0.05) is 55.4 Å². The van der Waals surface area contributed by atoms with Gasteiger partial charge in [0.1, 0.15) is 6.17 Å². The van der Waals surface area contributed by atoms with E-state index in [1.54, 1.807) is 0 Å². The molecular weight excluding hydrogens is 341 g/mol. The highest BCUT2D eigenvalue weighted by molar-refractivity contribution is 8.00. The quantitative estimate of drug-likeness (QED) is 0.512. The van der Waals surface area contributed by atoms with Crippen LogP contribution in [0.3, 0.4) is 0 Å². The SMILES string of the molecule is CC(C)N1CC(CC(C)(C)C2CC(F)CC2C(C)(C)C)SC1C(C)(C)C. The lowest BCUT2D eigenvalue weighted by Gasteiger charge is -2.42. The Bertz CT molecular complexity index is 474. The van der Waals surface area contributed by atoms with Crippen molar-refractivity contribution in [3.05, 3.63) is 0 Å². The third-order valence-electron chi connectivity index (χ3n) is 6.82. The van der Waals surface area contributed by atoms with E-state index in [-0.39, 0.29) is 10.8 Å². The summed E-state index contributed by atoms with van der Waals surface area (Å²) in [5.74, 6) is 0.998. The highest BCUT2D eigenvalue weighted by Gasteiger charge is 2.49. The second-order valence-corrected chi connectivity index (χ2v) is 13.5. The molecule has 0 aromatic rings. The predicted octanol–water partition coefficient (Wildman–Crippen LogP) is 7.01. The summed E-state index contributed by atoms with van der Waals surface area (Å²) in [6.07, 6.45) is 2.13. The van der Waals surface area contributed by atoms with Gasteiger partial charge in [-0.25, -0.2) is 4.39 Å². The van der Waals surface area contributed by atoms with Crippen molar-refractivity contribution in [2.75, 3.05) is 6.54 Å². The van der Waals surface area contributed by atoms with Crippen molar-refractivity contribution in [2.45, 2.75) is 111 Å². The van der Waals surface area contributed by atoms with E-state index in [1.807, 2.05) is 0 Å². The first kappa shape index (κ1) is 22.5. The lowest BCUT2D eigenvalue weighted by molar-refractivity contribution is 0.0755. The zero-order chi connectivity index (χ0) is 20.1. The van der Waals surface area contributed by atoms with Gasteiger partial charge in [-0.05, 0) is 61.2 Å².